The lowest BCUT2D eigenvalue weighted by Gasteiger charge is -2.14. The number of pyridine rings is 1. The minimum Gasteiger partial charge on any atom is -0.365 e. The number of aromatic nitrogens is 1. The van der Waals surface area contributed by atoms with Gasteiger partial charge in [-0.25, -0.2) is 9.37 Å². The van der Waals surface area contributed by atoms with E-state index in [1.54, 1.807) is 20.3 Å². The van der Waals surface area contributed by atoms with Crippen LogP contribution in [0.15, 0.2) is 18.3 Å². The molecule has 14 heavy (non-hydrogen) atoms. The fourth-order valence-corrected chi connectivity index (χ4v) is 0.931. The highest BCUT2D eigenvalue weighted by Crippen LogP contribution is 2.03. The Bertz CT molecular complexity index is 262. The Morgan fingerprint density at radius 1 is 1.43 bits per heavy atom. The second-order valence-corrected chi connectivity index (χ2v) is 2.64. The zero-order valence-corrected chi connectivity index (χ0v) is 8.16. The topological polar surface area (TPSA) is 43.4 Å². The molecular formula is C9H13FN2O2. The van der Waals surface area contributed by atoms with Crippen molar-refractivity contribution in [3.8, 4) is 0 Å². The highest BCUT2D eigenvalue weighted by Gasteiger charge is 2.04. The molecule has 0 aliphatic carbocycles. The van der Waals surface area contributed by atoms with Crippen molar-refractivity contribution in [2.24, 2.45) is 0 Å². The average Bonchev–Trinajstić information content (AvgIpc) is 2.22. The van der Waals surface area contributed by atoms with E-state index in [0.29, 0.717) is 12.4 Å². The molecule has 0 aromatic carbocycles. The Hall–Kier alpha value is -1.20. The SMILES string of the molecule is COC(CNc1ccc(F)cn1)OC. The maximum atomic E-state index is 12.5. The van der Waals surface area contributed by atoms with Gasteiger partial charge in [0.2, 0.25) is 0 Å². The van der Waals surface area contributed by atoms with Gasteiger partial charge in [0, 0.05) is 14.2 Å². The molecule has 1 aromatic heterocycles. The molecule has 0 atom stereocenters. The molecule has 1 rings (SSSR count). The van der Waals surface area contributed by atoms with Crippen LogP contribution < -0.4 is 5.32 Å². The van der Waals surface area contributed by atoms with Gasteiger partial charge in [-0.05, 0) is 12.1 Å². The Balaban J connectivity index is 2.41. The van der Waals surface area contributed by atoms with E-state index in [-0.39, 0.29) is 12.1 Å². The zero-order valence-electron chi connectivity index (χ0n) is 8.16. The molecule has 0 aliphatic heterocycles. The van der Waals surface area contributed by atoms with Crippen molar-refractivity contribution in [3.05, 3.63) is 24.1 Å². The first kappa shape index (κ1) is 10.9. The van der Waals surface area contributed by atoms with Crippen LogP contribution in [-0.4, -0.2) is 32.0 Å². The van der Waals surface area contributed by atoms with Crippen molar-refractivity contribution in [2.75, 3.05) is 26.1 Å². The maximum absolute atomic E-state index is 12.5. The fraction of sp³-hybridized carbons (Fsp3) is 0.444. The molecule has 5 heteroatoms. The average molecular weight is 200 g/mol. The van der Waals surface area contributed by atoms with Crippen LogP contribution in [0.25, 0.3) is 0 Å². The van der Waals surface area contributed by atoms with Crippen LogP contribution in [0.4, 0.5) is 10.2 Å². The molecule has 0 unspecified atom stereocenters. The molecule has 0 saturated heterocycles. The van der Waals surface area contributed by atoms with Crippen molar-refractivity contribution in [3.63, 3.8) is 0 Å². The normalized spacial score (nSPS) is 10.6. The van der Waals surface area contributed by atoms with Gasteiger partial charge in [0.05, 0.1) is 12.7 Å². The van der Waals surface area contributed by atoms with Crippen molar-refractivity contribution in [1.82, 2.24) is 4.98 Å². The summed E-state index contributed by atoms with van der Waals surface area (Å²) in [6.07, 6.45) is 0.818. The van der Waals surface area contributed by atoms with Crippen molar-refractivity contribution >= 4 is 5.82 Å². The third kappa shape index (κ3) is 3.27. The third-order valence-electron chi connectivity index (χ3n) is 1.70. The zero-order chi connectivity index (χ0) is 10.4. The largest absolute Gasteiger partial charge is 0.365 e. The Labute approximate surface area is 82.1 Å². The van der Waals surface area contributed by atoms with Gasteiger partial charge in [0.25, 0.3) is 0 Å². The van der Waals surface area contributed by atoms with Gasteiger partial charge in [-0.3, -0.25) is 0 Å². The van der Waals surface area contributed by atoms with Gasteiger partial charge >= 0.3 is 0 Å². The third-order valence-corrected chi connectivity index (χ3v) is 1.70. The summed E-state index contributed by atoms with van der Waals surface area (Å²) in [5.74, 6) is 0.232. The van der Waals surface area contributed by atoms with E-state index in [1.807, 2.05) is 0 Å². The van der Waals surface area contributed by atoms with E-state index in [1.165, 1.54) is 6.07 Å². The maximum Gasteiger partial charge on any atom is 0.173 e. The Morgan fingerprint density at radius 3 is 2.64 bits per heavy atom. The minimum absolute atomic E-state index is 0.332. The number of hydrogen-bond acceptors (Lipinski definition) is 4. The summed E-state index contributed by atoms with van der Waals surface area (Å²) in [5, 5.41) is 2.95. The molecule has 0 saturated carbocycles. The second-order valence-electron chi connectivity index (χ2n) is 2.64. The molecule has 78 valence electrons. The minimum atomic E-state index is -0.356. The second kappa shape index (κ2) is 5.51. The molecule has 1 N–H and O–H groups in total. The molecule has 1 heterocycles. The molecule has 0 aliphatic rings. The van der Waals surface area contributed by atoms with E-state index in [9.17, 15) is 4.39 Å². The summed E-state index contributed by atoms with van der Waals surface area (Å²) in [6, 6.07) is 2.89. The lowest BCUT2D eigenvalue weighted by molar-refractivity contribution is -0.0914. The van der Waals surface area contributed by atoms with Crippen LogP contribution >= 0.6 is 0 Å². The Kier molecular flexibility index (Phi) is 4.28. The molecule has 0 bridgehead atoms. The number of anilines is 1. The first-order valence-electron chi connectivity index (χ1n) is 4.17. The van der Waals surface area contributed by atoms with Crippen LogP contribution in [0.3, 0.4) is 0 Å². The van der Waals surface area contributed by atoms with Crippen molar-refractivity contribution in [2.45, 2.75) is 6.29 Å². The molecule has 4 nitrogen and oxygen atoms in total. The smallest absolute Gasteiger partial charge is 0.173 e. The van der Waals surface area contributed by atoms with Gasteiger partial charge in [-0.1, -0.05) is 0 Å². The number of methoxy groups -OCH3 is 2. The molecule has 0 radical (unpaired) electrons. The fourth-order valence-electron chi connectivity index (χ4n) is 0.931. The van der Waals surface area contributed by atoms with Gasteiger partial charge in [-0.2, -0.15) is 0 Å². The predicted molar refractivity (Wildman–Crippen MR) is 50.5 cm³/mol. The van der Waals surface area contributed by atoms with E-state index < -0.39 is 0 Å². The summed E-state index contributed by atoms with van der Waals surface area (Å²) in [6.45, 7) is 0.464. The number of ether oxygens (including phenoxy) is 2. The van der Waals surface area contributed by atoms with Crippen LogP contribution in [0.5, 0.6) is 0 Å². The van der Waals surface area contributed by atoms with Gasteiger partial charge in [0.15, 0.2) is 6.29 Å². The summed E-state index contributed by atoms with van der Waals surface area (Å²) in [7, 11) is 3.10. The van der Waals surface area contributed by atoms with E-state index in [2.05, 4.69) is 10.3 Å². The highest BCUT2D eigenvalue weighted by atomic mass is 19.1. The summed E-state index contributed by atoms with van der Waals surface area (Å²) >= 11 is 0. The quantitative estimate of drug-likeness (QED) is 0.726. The molecule has 0 fully saturated rings. The lowest BCUT2D eigenvalue weighted by Crippen LogP contribution is -2.23. The summed E-state index contributed by atoms with van der Waals surface area (Å²) < 4.78 is 22.4. The van der Waals surface area contributed by atoms with Crippen molar-refractivity contribution in [1.29, 1.82) is 0 Å². The number of nitrogens with one attached hydrogen (secondary N) is 1. The number of halogens is 1. The molecular weight excluding hydrogens is 187 g/mol. The van der Waals surface area contributed by atoms with Gasteiger partial charge in [0.1, 0.15) is 11.6 Å². The molecule has 0 amide bonds. The highest BCUT2D eigenvalue weighted by molar-refractivity contribution is 5.33. The first-order valence-corrected chi connectivity index (χ1v) is 4.17. The Morgan fingerprint density at radius 2 is 2.14 bits per heavy atom. The molecule has 0 spiro atoms. The van der Waals surface area contributed by atoms with E-state index >= 15 is 0 Å². The standard InChI is InChI=1S/C9H13FN2O2/c1-13-9(14-2)6-12-8-4-3-7(10)5-11-8/h3-5,9H,6H2,1-2H3,(H,11,12). The van der Waals surface area contributed by atoms with Crippen molar-refractivity contribution < 1.29 is 13.9 Å². The first-order chi connectivity index (χ1) is 6.76. The molecule has 1 aromatic rings. The van der Waals surface area contributed by atoms with Crippen LogP contribution in [0, 0.1) is 5.82 Å². The van der Waals surface area contributed by atoms with E-state index in [4.69, 9.17) is 9.47 Å². The summed E-state index contributed by atoms with van der Waals surface area (Å²) in [4.78, 5) is 3.82. The number of hydrogen-bond donors (Lipinski definition) is 1. The lowest BCUT2D eigenvalue weighted by atomic mass is 10.4. The van der Waals surface area contributed by atoms with E-state index in [0.717, 1.165) is 6.20 Å². The summed E-state index contributed by atoms with van der Waals surface area (Å²) in [5.41, 5.74) is 0. The monoisotopic (exact) mass is 200 g/mol. The number of rotatable bonds is 5. The van der Waals surface area contributed by atoms with Crippen LogP contribution in [0.2, 0.25) is 0 Å². The number of nitrogens with zero attached hydrogens (tertiary/aromatic N) is 1. The van der Waals surface area contributed by atoms with Gasteiger partial charge < -0.3 is 14.8 Å². The van der Waals surface area contributed by atoms with Crippen LogP contribution in [0.1, 0.15) is 0 Å². The van der Waals surface area contributed by atoms with Gasteiger partial charge in [-0.15, -0.1) is 0 Å². The van der Waals surface area contributed by atoms with Crippen LogP contribution in [-0.2, 0) is 9.47 Å². The predicted octanol–water partition coefficient (Wildman–Crippen LogP) is 1.25.